The zero-order chi connectivity index (χ0) is 12.3. The van der Waals surface area contributed by atoms with Crippen molar-refractivity contribution in [3.63, 3.8) is 0 Å². The Morgan fingerprint density at radius 1 is 1.50 bits per heavy atom. The van der Waals surface area contributed by atoms with Crippen molar-refractivity contribution >= 4 is 24.0 Å². The zero-order valence-electron chi connectivity index (χ0n) is 10.5. The largest absolute Gasteiger partial charge is 0.490 e. The fourth-order valence-electron chi connectivity index (χ4n) is 1.97. The number of ether oxygens (including phenoxy) is 1. The smallest absolute Gasteiger partial charge is 0.227 e. The van der Waals surface area contributed by atoms with E-state index in [4.69, 9.17) is 10.5 Å². The predicted molar refractivity (Wildman–Crippen MR) is 74.6 cm³/mol. The maximum atomic E-state index is 12.0. The molecule has 0 atom stereocenters. The summed E-state index contributed by atoms with van der Waals surface area (Å²) in [7, 11) is 0. The topological polar surface area (TPSA) is 55.6 Å². The molecule has 0 unspecified atom stereocenters. The highest BCUT2D eigenvalue weighted by Gasteiger charge is 2.22. The van der Waals surface area contributed by atoms with E-state index >= 15 is 0 Å². The van der Waals surface area contributed by atoms with Crippen molar-refractivity contribution in [2.24, 2.45) is 5.73 Å². The van der Waals surface area contributed by atoms with Gasteiger partial charge < -0.3 is 15.4 Å². The molecule has 0 saturated heterocycles. The maximum absolute atomic E-state index is 12.0. The first kappa shape index (κ1) is 14.8. The van der Waals surface area contributed by atoms with E-state index in [2.05, 4.69) is 0 Å². The molecule has 1 aliphatic rings. The molecule has 0 aromatic heterocycles. The van der Waals surface area contributed by atoms with Crippen molar-refractivity contribution in [3.05, 3.63) is 23.8 Å². The van der Waals surface area contributed by atoms with E-state index in [0.29, 0.717) is 26.1 Å². The zero-order valence-corrected chi connectivity index (χ0v) is 11.3. The van der Waals surface area contributed by atoms with Gasteiger partial charge in [-0.2, -0.15) is 0 Å². The highest BCUT2D eigenvalue weighted by molar-refractivity contribution is 5.95. The fourth-order valence-corrected chi connectivity index (χ4v) is 1.97. The Kier molecular flexibility index (Phi) is 5.44. The second-order valence-electron chi connectivity index (χ2n) is 4.26. The fraction of sp³-hybridized carbons (Fsp3) is 0.462. The molecule has 1 aromatic carbocycles. The third kappa shape index (κ3) is 3.15. The van der Waals surface area contributed by atoms with Gasteiger partial charge in [-0.3, -0.25) is 4.79 Å². The Labute approximate surface area is 114 Å². The van der Waals surface area contributed by atoms with Crippen molar-refractivity contribution in [1.29, 1.82) is 0 Å². The van der Waals surface area contributed by atoms with Gasteiger partial charge in [-0.1, -0.05) is 6.07 Å². The van der Waals surface area contributed by atoms with Crippen molar-refractivity contribution in [2.45, 2.75) is 19.8 Å². The van der Waals surface area contributed by atoms with Gasteiger partial charge in [0.05, 0.1) is 12.2 Å². The van der Waals surface area contributed by atoms with Crippen LogP contribution in [0.25, 0.3) is 0 Å². The monoisotopic (exact) mass is 270 g/mol. The summed E-state index contributed by atoms with van der Waals surface area (Å²) in [6, 6.07) is 5.92. The van der Waals surface area contributed by atoms with E-state index in [9.17, 15) is 4.79 Å². The molecular formula is C13H19ClN2O2. The SMILES string of the molecule is Cc1ccc2c(c1)OCCN2C(=O)CCCN.Cl. The molecule has 1 aromatic rings. The molecule has 4 nitrogen and oxygen atoms in total. The van der Waals surface area contributed by atoms with Crippen LogP contribution >= 0.6 is 12.4 Å². The van der Waals surface area contributed by atoms with Crippen LogP contribution < -0.4 is 15.4 Å². The molecule has 0 aliphatic carbocycles. The molecule has 1 aliphatic heterocycles. The molecule has 2 N–H and O–H groups in total. The van der Waals surface area contributed by atoms with Crippen molar-refractivity contribution < 1.29 is 9.53 Å². The first-order valence-corrected chi connectivity index (χ1v) is 5.96. The van der Waals surface area contributed by atoms with E-state index in [0.717, 1.165) is 23.4 Å². The van der Waals surface area contributed by atoms with E-state index < -0.39 is 0 Å². The van der Waals surface area contributed by atoms with Gasteiger partial charge in [-0.05, 0) is 37.6 Å². The van der Waals surface area contributed by atoms with Crippen molar-refractivity contribution in [2.75, 3.05) is 24.6 Å². The molecule has 0 saturated carbocycles. The van der Waals surface area contributed by atoms with Crippen molar-refractivity contribution in [3.8, 4) is 5.75 Å². The number of anilines is 1. The molecule has 1 heterocycles. The van der Waals surface area contributed by atoms with Gasteiger partial charge in [-0.15, -0.1) is 12.4 Å². The van der Waals surface area contributed by atoms with Gasteiger partial charge in [0.1, 0.15) is 12.4 Å². The molecule has 5 heteroatoms. The van der Waals surface area contributed by atoms with Gasteiger partial charge in [0.15, 0.2) is 0 Å². The second kappa shape index (κ2) is 6.61. The Bertz CT molecular complexity index is 423. The maximum Gasteiger partial charge on any atom is 0.227 e. The minimum atomic E-state index is 0. The second-order valence-corrected chi connectivity index (χ2v) is 4.26. The third-order valence-corrected chi connectivity index (χ3v) is 2.87. The molecule has 0 bridgehead atoms. The number of nitrogens with zero attached hydrogens (tertiary/aromatic N) is 1. The molecule has 0 radical (unpaired) electrons. The third-order valence-electron chi connectivity index (χ3n) is 2.87. The first-order chi connectivity index (χ1) is 8.22. The van der Waals surface area contributed by atoms with Crippen molar-refractivity contribution in [1.82, 2.24) is 0 Å². The average molecular weight is 271 g/mol. The number of rotatable bonds is 3. The van der Waals surface area contributed by atoms with Crippen LogP contribution in [0.2, 0.25) is 0 Å². The van der Waals surface area contributed by atoms with Gasteiger partial charge in [0.2, 0.25) is 5.91 Å². The Morgan fingerprint density at radius 2 is 2.28 bits per heavy atom. The van der Waals surface area contributed by atoms with E-state index in [-0.39, 0.29) is 18.3 Å². The van der Waals surface area contributed by atoms with Gasteiger partial charge >= 0.3 is 0 Å². The standard InChI is InChI=1S/C13H18N2O2.ClH/c1-10-4-5-11-12(9-10)17-8-7-15(11)13(16)3-2-6-14;/h4-5,9H,2-3,6-8,14H2,1H3;1H. The van der Waals surface area contributed by atoms with Gasteiger partial charge in [0.25, 0.3) is 0 Å². The number of benzene rings is 1. The summed E-state index contributed by atoms with van der Waals surface area (Å²) in [6.07, 6.45) is 1.24. The van der Waals surface area contributed by atoms with Crippen LogP contribution in [0.4, 0.5) is 5.69 Å². The predicted octanol–water partition coefficient (Wildman–Crippen LogP) is 1.88. The molecule has 18 heavy (non-hydrogen) atoms. The number of aryl methyl sites for hydroxylation is 1. The molecular weight excluding hydrogens is 252 g/mol. The minimum absolute atomic E-state index is 0. The molecule has 100 valence electrons. The first-order valence-electron chi connectivity index (χ1n) is 5.96. The minimum Gasteiger partial charge on any atom is -0.490 e. The number of amides is 1. The van der Waals surface area contributed by atoms with E-state index in [1.807, 2.05) is 25.1 Å². The quantitative estimate of drug-likeness (QED) is 0.912. The summed E-state index contributed by atoms with van der Waals surface area (Å²) in [5, 5.41) is 0. The molecule has 1 amide bonds. The number of fused-ring (bicyclic) bond motifs is 1. The Balaban J connectivity index is 0.00000162. The number of carbonyl (C=O) groups is 1. The number of hydrogen-bond acceptors (Lipinski definition) is 3. The van der Waals surface area contributed by atoms with Gasteiger partial charge in [0, 0.05) is 6.42 Å². The summed E-state index contributed by atoms with van der Waals surface area (Å²) in [6.45, 7) is 3.75. The van der Waals surface area contributed by atoms with Crippen LogP contribution in [-0.4, -0.2) is 25.6 Å². The van der Waals surface area contributed by atoms with Crippen LogP contribution in [-0.2, 0) is 4.79 Å². The molecule has 2 rings (SSSR count). The van der Waals surface area contributed by atoms with Crippen LogP contribution in [0, 0.1) is 6.92 Å². The molecule has 0 spiro atoms. The highest BCUT2D eigenvalue weighted by atomic mass is 35.5. The Morgan fingerprint density at radius 3 is 3.00 bits per heavy atom. The highest BCUT2D eigenvalue weighted by Crippen LogP contribution is 2.32. The van der Waals surface area contributed by atoms with Gasteiger partial charge in [-0.25, -0.2) is 0 Å². The number of carbonyl (C=O) groups excluding carboxylic acids is 1. The lowest BCUT2D eigenvalue weighted by molar-refractivity contribution is -0.118. The number of nitrogens with two attached hydrogens (primary N) is 1. The normalized spacial score (nSPS) is 13.3. The summed E-state index contributed by atoms with van der Waals surface area (Å²) >= 11 is 0. The summed E-state index contributed by atoms with van der Waals surface area (Å²) in [5.41, 5.74) is 7.44. The van der Waals surface area contributed by atoms with E-state index in [1.54, 1.807) is 4.90 Å². The lowest BCUT2D eigenvalue weighted by atomic mass is 10.1. The van der Waals surface area contributed by atoms with E-state index in [1.165, 1.54) is 0 Å². The lowest BCUT2D eigenvalue weighted by Gasteiger charge is -2.29. The average Bonchev–Trinajstić information content (AvgIpc) is 2.34. The van der Waals surface area contributed by atoms with Crippen LogP contribution in [0.15, 0.2) is 18.2 Å². The van der Waals surface area contributed by atoms with Crippen LogP contribution in [0.5, 0.6) is 5.75 Å². The summed E-state index contributed by atoms with van der Waals surface area (Å²) in [4.78, 5) is 13.8. The number of hydrogen-bond donors (Lipinski definition) is 1. The Hall–Kier alpha value is -1.26. The van der Waals surface area contributed by atoms with Crippen LogP contribution in [0.1, 0.15) is 18.4 Å². The summed E-state index contributed by atoms with van der Waals surface area (Å²) < 4.78 is 5.57. The summed E-state index contributed by atoms with van der Waals surface area (Å²) in [5.74, 6) is 0.932. The van der Waals surface area contributed by atoms with Crippen LogP contribution in [0.3, 0.4) is 0 Å². The lowest BCUT2D eigenvalue weighted by Crippen LogP contribution is -2.38. The number of halogens is 1. The molecule has 0 fully saturated rings.